The van der Waals surface area contributed by atoms with Crippen molar-refractivity contribution >= 4 is 10.0 Å². The number of aliphatic hydroxyl groups is 1. The molecule has 0 radical (unpaired) electrons. The van der Waals surface area contributed by atoms with Gasteiger partial charge in [-0.05, 0) is 12.1 Å². The van der Waals surface area contributed by atoms with Crippen LogP contribution in [0.5, 0.6) is 11.5 Å². The molecular formula is C13H20N2O5S. The first-order chi connectivity index (χ1) is 9.91. The highest BCUT2D eigenvalue weighted by Crippen LogP contribution is 2.31. The van der Waals surface area contributed by atoms with Gasteiger partial charge in [-0.25, -0.2) is 8.42 Å². The van der Waals surface area contributed by atoms with Crippen molar-refractivity contribution in [3.05, 3.63) is 18.2 Å². The molecule has 0 saturated carbocycles. The number of nitrogens with one attached hydrogen (secondary N) is 1. The minimum Gasteiger partial charge on any atom is -0.497 e. The molecule has 2 atom stereocenters. The van der Waals surface area contributed by atoms with Crippen molar-refractivity contribution in [2.45, 2.75) is 17.0 Å². The van der Waals surface area contributed by atoms with Crippen molar-refractivity contribution in [2.24, 2.45) is 0 Å². The molecule has 1 aromatic rings. The van der Waals surface area contributed by atoms with Crippen LogP contribution in [0.15, 0.2) is 23.1 Å². The summed E-state index contributed by atoms with van der Waals surface area (Å²) in [5, 5.41) is 12.8. The molecule has 1 aliphatic rings. The molecule has 2 rings (SSSR count). The number of sulfonamides is 1. The predicted molar refractivity (Wildman–Crippen MR) is 77.2 cm³/mol. The Bertz CT molecular complexity index is 605. The lowest BCUT2D eigenvalue weighted by Crippen LogP contribution is -2.44. The van der Waals surface area contributed by atoms with E-state index >= 15 is 0 Å². The normalized spacial score (nSPS) is 22.5. The minimum absolute atomic E-state index is 0.0485. The molecule has 0 amide bonds. The number of aliphatic hydroxyl groups excluding tert-OH is 1. The number of rotatable bonds is 5. The number of hydrogen-bond acceptors (Lipinski definition) is 6. The van der Waals surface area contributed by atoms with E-state index in [2.05, 4.69) is 5.32 Å². The molecule has 0 aromatic heterocycles. The first-order valence-electron chi connectivity index (χ1n) is 6.50. The van der Waals surface area contributed by atoms with Gasteiger partial charge in [0, 0.05) is 26.2 Å². The van der Waals surface area contributed by atoms with Crippen molar-refractivity contribution < 1.29 is 23.0 Å². The molecule has 1 fully saturated rings. The number of methoxy groups -OCH3 is 2. The van der Waals surface area contributed by atoms with E-state index in [1.54, 1.807) is 6.07 Å². The molecule has 2 N–H and O–H groups in total. The number of hydrogen-bond donors (Lipinski definition) is 2. The Morgan fingerprint density at radius 3 is 2.52 bits per heavy atom. The van der Waals surface area contributed by atoms with Crippen molar-refractivity contribution in [3.63, 3.8) is 0 Å². The first-order valence-corrected chi connectivity index (χ1v) is 7.94. The molecule has 118 valence electrons. The lowest BCUT2D eigenvalue weighted by atomic mass is 10.2. The van der Waals surface area contributed by atoms with Gasteiger partial charge in [0.25, 0.3) is 0 Å². The second kappa shape index (κ2) is 6.18. The van der Waals surface area contributed by atoms with Gasteiger partial charge in [-0.1, -0.05) is 0 Å². The molecule has 8 heteroatoms. The van der Waals surface area contributed by atoms with Crippen molar-refractivity contribution in [2.75, 3.05) is 34.4 Å². The van der Waals surface area contributed by atoms with Crippen LogP contribution in [-0.2, 0) is 10.0 Å². The first kappa shape index (κ1) is 16.0. The van der Waals surface area contributed by atoms with Gasteiger partial charge in [-0.2, -0.15) is 4.31 Å². The summed E-state index contributed by atoms with van der Waals surface area (Å²) in [4.78, 5) is 0.0485. The highest BCUT2D eigenvalue weighted by molar-refractivity contribution is 7.89. The van der Waals surface area contributed by atoms with Gasteiger partial charge >= 0.3 is 0 Å². The maximum atomic E-state index is 12.7. The third-order valence-electron chi connectivity index (χ3n) is 3.65. The lowest BCUT2D eigenvalue weighted by molar-refractivity contribution is 0.136. The zero-order chi connectivity index (χ0) is 15.6. The molecule has 0 unspecified atom stereocenters. The summed E-state index contributed by atoms with van der Waals surface area (Å²) >= 11 is 0. The minimum atomic E-state index is -3.77. The van der Waals surface area contributed by atoms with E-state index in [0.717, 1.165) is 0 Å². The van der Waals surface area contributed by atoms with Crippen molar-refractivity contribution in [1.82, 2.24) is 9.62 Å². The van der Waals surface area contributed by atoms with Crippen LogP contribution in [0, 0.1) is 0 Å². The smallest absolute Gasteiger partial charge is 0.246 e. The SMILES string of the molecule is COc1ccc(S(=O)(=O)N(C)[C@@H]2CNC[C@H]2O)c(OC)c1. The van der Waals surface area contributed by atoms with Gasteiger partial charge in [-0.15, -0.1) is 0 Å². The van der Waals surface area contributed by atoms with Gasteiger partial charge in [0.05, 0.1) is 26.4 Å². The van der Waals surface area contributed by atoms with Crippen LogP contribution in [-0.4, -0.2) is 64.3 Å². The van der Waals surface area contributed by atoms with Crippen LogP contribution < -0.4 is 14.8 Å². The summed E-state index contributed by atoms with van der Waals surface area (Å²) in [6.07, 6.45) is -0.728. The average Bonchev–Trinajstić information content (AvgIpc) is 2.91. The number of β-amino-alcohol motifs (C(OH)–C–C–N with tert-alkyl or cyclic N) is 1. The zero-order valence-corrected chi connectivity index (χ0v) is 13.1. The van der Waals surface area contributed by atoms with E-state index < -0.39 is 22.2 Å². The second-order valence-corrected chi connectivity index (χ2v) is 6.80. The lowest BCUT2D eigenvalue weighted by Gasteiger charge is -2.26. The van der Waals surface area contributed by atoms with Crippen LogP contribution >= 0.6 is 0 Å². The van der Waals surface area contributed by atoms with E-state index in [0.29, 0.717) is 18.8 Å². The highest BCUT2D eigenvalue weighted by atomic mass is 32.2. The molecule has 0 bridgehead atoms. The van der Waals surface area contributed by atoms with Gasteiger partial charge in [0.15, 0.2) is 0 Å². The van der Waals surface area contributed by atoms with E-state index in [4.69, 9.17) is 9.47 Å². The summed E-state index contributed by atoms with van der Waals surface area (Å²) in [7, 11) is 0.586. The van der Waals surface area contributed by atoms with E-state index in [1.807, 2.05) is 0 Å². The van der Waals surface area contributed by atoms with Crippen molar-refractivity contribution in [3.8, 4) is 11.5 Å². The maximum absolute atomic E-state index is 12.7. The Morgan fingerprint density at radius 2 is 2.00 bits per heavy atom. The summed E-state index contributed by atoms with van der Waals surface area (Å²) in [6, 6.07) is 4.02. The van der Waals surface area contributed by atoms with Crippen LogP contribution in [0.1, 0.15) is 0 Å². The summed E-state index contributed by atoms with van der Waals surface area (Å²) in [5.74, 6) is 0.720. The van der Waals surface area contributed by atoms with Crippen molar-refractivity contribution in [1.29, 1.82) is 0 Å². The second-order valence-electron chi connectivity index (χ2n) is 4.83. The predicted octanol–water partition coefficient (Wildman–Crippen LogP) is -0.343. The average molecular weight is 316 g/mol. The molecule has 0 aliphatic carbocycles. The Balaban J connectivity index is 2.39. The zero-order valence-electron chi connectivity index (χ0n) is 12.2. The standard InChI is InChI=1S/C13H20N2O5S/c1-15(10-7-14-8-11(10)16)21(17,18)13-5-4-9(19-2)6-12(13)20-3/h4-6,10-11,14,16H,7-8H2,1-3H3/t10-,11-/m1/s1. The number of nitrogens with zero attached hydrogens (tertiary/aromatic N) is 1. The summed E-state index contributed by atoms with van der Waals surface area (Å²) in [5.41, 5.74) is 0. The van der Waals surface area contributed by atoms with Crippen LogP contribution in [0.4, 0.5) is 0 Å². The maximum Gasteiger partial charge on any atom is 0.246 e. The number of ether oxygens (including phenoxy) is 2. The van der Waals surface area contributed by atoms with Gasteiger partial charge in [0.2, 0.25) is 10.0 Å². The fraction of sp³-hybridized carbons (Fsp3) is 0.538. The fourth-order valence-electron chi connectivity index (χ4n) is 2.34. The topological polar surface area (TPSA) is 88.1 Å². The van der Waals surface area contributed by atoms with E-state index in [9.17, 15) is 13.5 Å². The monoisotopic (exact) mass is 316 g/mol. The van der Waals surface area contributed by atoms with E-state index in [-0.39, 0.29) is 10.6 Å². The molecule has 1 saturated heterocycles. The van der Waals surface area contributed by atoms with E-state index in [1.165, 1.54) is 37.7 Å². The third kappa shape index (κ3) is 2.98. The summed E-state index contributed by atoms with van der Waals surface area (Å²) < 4.78 is 36.8. The largest absolute Gasteiger partial charge is 0.497 e. The van der Waals surface area contributed by atoms with Crippen LogP contribution in [0.3, 0.4) is 0 Å². The molecule has 7 nitrogen and oxygen atoms in total. The third-order valence-corrected chi connectivity index (χ3v) is 5.57. The molecule has 1 aliphatic heterocycles. The molecule has 1 heterocycles. The number of benzene rings is 1. The molecule has 0 spiro atoms. The summed E-state index contributed by atoms with van der Waals surface area (Å²) in [6.45, 7) is 0.791. The highest BCUT2D eigenvalue weighted by Gasteiger charge is 2.37. The Kier molecular flexibility index (Phi) is 4.72. The molecule has 21 heavy (non-hydrogen) atoms. The quantitative estimate of drug-likeness (QED) is 0.772. The Labute approximate surface area is 124 Å². The molecular weight excluding hydrogens is 296 g/mol. The fourth-order valence-corrected chi connectivity index (χ4v) is 3.86. The van der Waals surface area contributed by atoms with Crippen LogP contribution in [0.25, 0.3) is 0 Å². The molecule has 1 aromatic carbocycles. The van der Waals surface area contributed by atoms with Gasteiger partial charge in [-0.3, -0.25) is 0 Å². The van der Waals surface area contributed by atoms with Gasteiger partial charge < -0.3 is 19.9 Å². The number of likely N-dealkylation sites (N-methyl/N-ethyl adjacent to an activating group) is 1. The van der Waals surface area contributed by atoms with Crippen LogP contribution in [0.2, 0.25) is 0 Å². The van der Waals surface area contributed by atoms with Gasteiger partial charge in [0.1, 0.15) is 16.4 Å². The Hall–Kier alpha value is -1.35. The Morgan fingerprint density at radius 1 is 1.29 bits per heavy atom.